The molecule has 8 heavy (non-hydrogen) atoms. The first-order valence-corrected chi connectivity index (χ1v) is 2.54. The van der Waals surface area contributed by atoms with Crippen LogP contribution in [0.15, 0.2) is 23.8 Å². The van der Waals surface area contributed by atoms with Crippen molar-refractivity contribution < 1.29 is 0 Å². The van der Waals surface area contributed by atoms with Crippen LogP contribution in [0, 0.1) is 11.3 Å². The fourth-order valence-electron chi connectivity index (χ4n) is 0.378. The van der Waals surface area contributed by atoms with E-state index in [-0.39, 0.29) is 0 Å². The SMILES string of the molecule is C/C=C\C(C#N)=C\C. The molecule has 0 aromatic rings. The summed E-state index contributed by atoms with van der Waals surface area (Å²) in [6.07, 6.45) is 5.40. The summed E-state index contributed by atoms with van der Waals surface area (Å²) < 4.78 is 0. The van der Waals surface area contributed by atoms with Crippen LogP contribution in [0.5, 0.6) is 0 Å². The fourth-order valence-corrected chi connectivity index (χ4v) is 0.378. The molecule has 0 unspecified atom stereocenters. The monoisotopic (exact) mass is 107 g/mol. The maximum absolute atomic E-state index is 8.29. The van der Waals surface area contributed by atoms with E-state index in [1.807, 2.05) is 26.0 Å². The van der Waals surface area contributed by atoms with E-state index in [0.717, 1.165) is 0 Å². The summed E-state index contributed by atoms with van der Waals surface area (Å²) >= 11 is 0. The fraction of sp³-hybridized carbons (Fsp3) is 0.286. The number of nitrogens with zero attached hydrogens (tertiary/aromatic N) is 1. The Morgan fingerprint density at radius 3 is 2.25 bits per heavy atom. The van der Waals surface area contributed by atoms with Crippen LogP contribution in [0.4, 0.5) is 0 Å². The third-order valence-corrected chi connectivity index (χ3v) is 0.786. The Morgan fingerprint density at radius 1 is 1.50 bits per heavy atom. The van der Waals surface area contributed by atoms with Gasteiger partial charge in [-0.1, -0.05) is 12.2 Å². The van der Waals surface area contributed by atoms with E-state index in [1.54, 1.807) is 12.2 Å². The lowest BCUT2D eigenvalue weighted by atomic mass is 10.3. The number of hydrogen-bond donors (Lipinski definition) is 0. The largest absolute Gasteiger partial charge is 0.192 e. The molecule has 1 nitrogen and oxygen atoms in total. The van der Waals surface area contributed by atoms with Gasteiger partial charge in [0.15, 0.2) is 0 Å². The van der Waals surface area contributed by atoms with Crippen LogP contribution in [-0.4, -0.2) is 0 Å². The highest BCUT2D eigenvalue weighted by atomic mass is 14.2. The van der Waals surface area contributed by atoms with Gasteiger partial charge in [0.25, 0.3) is 0 Å². The van der Waals surface area contributed by atoms with E-state index < -0.39 is 0 Å². The van der Waals surface area contributed by atoms with Gasteiger partial charge in [-0.2, -0.15) is 5.26 Å². The van der Waals surface area contributed by atoms with Crippen molar-refractivity contribution in [2.45, 2.75) is 13.8 Å². The minimum absolute atomic E-state index is 0.715. The van der Waals surface area contributed by atoms with E-state index in [1.165, 1.54) is 0 Å². The summed E-state index contributed by atoms with van der Waals surface area (Å²) in [5.41, 5.74) is 0.715. The smallest absolute Gasteiger partial charge is 0.0987 e. The summed E-state index contributed by atoms with van der Waals surface area (Å²) in [5.74, 6) is 0. The van der Waals surface area contributed by atoms with Crippen LogP contribution in [0.25, 0.3) is 0 Å². The maximum atomic E-state index is 8.29. The van der Waals surface area contributed by atoms with Gasteiger partial charge in [0.2, 0.25) is 0 Å². The van der Waals surface area contributed by atoms with Gasteiger partial charge in [0.05, 0.1) is 6.07 Å². The van der Waals surface area contributed by atoms with Gasteiger partial charge in [0.1, 0.15) is 0 Å². The maximum Gasteiger partial charge on any atom is 0.0987 e. The van der Waals surface area contributed by atoms with E-state index >= 15 is 0 Å². The van der Waals surface area contributed by atoms with Gasteiger partial charge in [-0.15, -0.1) is 0 Å². The molecule has 0 aliphatic carbocycles. The third-order valence-electron chi connectivity index (χ3n) is 0.786. The molecule has 0 aromatic carbocycles. The Hall–Kier alpha value is -1.03. The topological polar surface area (TPSA) is 23.8 Å². The predicted octanol–water partition coefficient (Wildman–Crippen LogP) is 2.03. The van der Waals surface area contributed by atoms with Crippen molar-refractivity contribution in [3.8, 4) is 6.07 Å². The van der Waals surface area contributed by atoms with Crippen molar-refractivity contribution >= 4 is 0 Å². The second kappa shape index (κ2) is 4.14. The molecule has 0 rings (SSSR count). The summed E-state index contributed by atoms with van der Waals surface area (Å²) in [6, 6.07) is 2.03. The predicted molar refractivity (Wildman–Crippen MR) is 34.2 cm³/mol. The van der Waals surface area contributed by atoms with Gasteiger partial charge < -0.3 is 0 Å². The molecular formula is C7H9N. The number of nitriles is 1. The van der Waals surface area contributed by atoms with Crippen LogP contribution in [0.1, 0.15) is 13.8 Å². The van der Waals surface area contributed by atoms with E-state index in [9.17, 15) is 0 Å². The standard InChI is InChI=1S/C7H9N/c1-3-5-7(4-2)6-8/h3-5H,1-2H3/b5-3-,7-4-. The van der Waals surface area contributed by atoms with Gasteiger partial charge in [-0.3, -0.25) is 0 Å². The lowest BCUT2D eigenvalue weighted by Crippen LogP contribution is -1.65. The van der Waals surface area contributed by atoms with Crippen molar-refractivity contribution in [1.29, 1.82) is 5.26 Å². The van der Waals surface area contributed by atoms with Gasteiger partial charge in [-0.05, 0) is 19.9 Å². The average molecular weight is 107 g/mol. The van der Waals surface area contributed by atoms with Crippen molar-refractivity contribution in [1.82, 2.24) is 0 Å². The van der Waals surface area contributed by atoms with Crippen LogP contribution in [0.3, 0.4) is 0 Å². The Kier molecular flexibility index (Phi) is 3.60. The lowest BCUT2D eigenvalue weighted by Gasteiger charge is -1.78. The molecule has 0 heterocycles. The molecule has 0 amide bonds. The Labute approximate surface area is 49.9 Å². The Bertz CT molecular complexity index is 146. The summed E-state index contributed by atoms with van der Waals surface area (Å²) in [7, 11) is 0. The molecule has 0 aliphatic rings. The molecule has 0 saturated heterocycles. The highest BCUT2D eigenvalue weighted by molar-refractivity contribution is 5.31. The summed E-state index contributed by atoms with van der Waals surface area (Å²) in [5, 5.41) is 8.29. The zero-order valence-corrected chi connectivity index (χ0v) is 5.18. The van der Waals surface area contributed by atoms with Crippen molar-refractivity contribution in [3.05, 3.63) is 23.8 Å². The van der Waals surface area contributed by atoms with Gasteiger partial charge in [0, 0.05) is 5.57 Å². The molecule has 0 saturated carbocycles. The number of rotatable bonds is 1. The van der Waals surface area contributed by atoms with Crippen molar-refractivity contribution in [2.24, 2.45) is 0 Å². The van der Waals surface area contributed by atoms with Gasteiger partial charge >= 0.3 is 0 Å². The Balaban J connectivity index is 3.98. The molecule has 0 N–H and O–H groups in total. The highest BCUT2D eigenvalue weighted by Crippen LogP contribution is 1.91. The molecule has 0 radical (unpaired) electrons. The zero-order chi connectivity index (χ0) is 6.41. The Morgan fingerprint density at radius 2 is 2.12 bits per heavy atom. The third kappa shape index (κ3) is 2.20. The molecule has 0 aliphatic heterocycles. The number of allylic oxidation sites excluding steroid dienone is 4. The first kappa shape index (κ1) is 6.97. The molecule has 0 spiro atoms. The van der Waals surface area contributed by atoms with Crippen LogP contribution in [-0.2, 0) is 0 Å². The molecule has 0 aromatic heterocycles. The quantitative estimate of drug-likeness (QED) is 0.371. The molecule has 0 bridgehead atoms. The molecule has 42 valence electrons. The minimum Gasteiger partial charge on any atom is -0.192 e. The molecular weight excluding hydrogens is 98.1 g/mol. The van der Waals surface area contributed by atoms with Crippen molar-refractivity contribution in [3.63, 3.8) is 0 Å². The van der Waals surface area contributed by atoms with E-state index in [2.05, 4.69) is 0 Å². The first-order chi connectivity index (χ1) is 3.85. The second-order valence-electron chi connectivity index (χ2n) is 1.36. The van der Waals surface area contributed by atoms with Crippen LogP contribution < -0.4 is 0 Å². The van der Waals surface area contributed by atoms with E-state index in [4.69, 9.17) is 5.26 Å². The lowest BCUT2D eigenvalue weighted by molar-refractivity contribution is 1.48. The van der Waals surface area contributed by atoms with Gasteiger partial charge in [-0.25, -0.2) is 0 Å². The first-order valence-electron chi connectivity index (χ1n) is 2.54. The average Bonchev–Trinajstić information content (AvgIpc) is 1.83. The molecule has 0 atom stereocenters. The molecule has 1 heteroatoms. The van der Waals surface area contributed by atoms with Crippen LogP contribution >= 0.6 is 0 Å². The summed E-state index contributed by atoms with van der Waals surface area (Å²) in [4.78, 5) is 0. The molecule has 0 fully saturated rings. The normalized spacial score (nSPS) is 11.9. The highest BCUT2D eigenvalue weighted by Gasteiger charge is 1.78. The number of hydrogen-bond acceptors (Lipinski definition) is 1. The van der Waals surface area contributed by atoms with Crippen LogP contribution in [0.2, 0.25) is 0 Å². The zero-order valence-electron chi connectivity index (χ0n) is 5.18. The van der Waals surface area contributed by atoms with Crippen molar-refractivity contribution in [2.75, 3.05) is 0 Å². The summed E-state index contributed by atoms with van der Waals surface area (Å²) in [6.45, 7) is 3.74. The second-order valence-corrected chi connectivity index (χ2v) is 1.36. The minimum atomic E-state index is 0.715. The van der Waals surface area contributed by atoms with E-state index in [0.29, 0.717) is 5.57 Å².